The Hall–Kier alpha value is -2.37. The van der Waals surface area contributed by atoms with Crippen LogP contribution < -0.4 is 10.6 Å². The summed E-state index contributed by atoms with van der Waals surface area (Å²) in [5, 5.41) is 5.93. The van der Waals surface area contributed by atoms with Crippen molar-refractivity contribution < 1.29 is 14.4 Å². The standard InChI is InChI=1S/C25H35N3O3/c1-17-5-7-21(8-6-17)27-22(29)16-28(2)23(30)4-3-9-26-24(31)25-13-18-10-19(14-25)12-20(11-18)15-25/h5-8,18-20H,3-4,9-16H2,1-2H3,(H,26,31)(H,27,29). The van der Waals surface area contributed by atoms with Crippen LogP contribution in [-0.2, 0) is 14.4 Å². The van der Waals surface area contributed by atoms with Gasteiger partial charge in [0.1, 0.15) is 0 Å². The number of rotatable bonds is 8. The largest absolute Gasteiger partial charge is 0.356 e. The minimum atomic E-state index is -0.213. The second-order valence-corrected chi connectivity index (χ2v) is 10.2. The molecule has 0 aromatic heterocycles. The van der Waals surface area contributed by atoms with E-state index in [1.807, 2.05) is 31.2 Å². The number of aryl methyl sites for hydroxylation is 1. The number of likely N-dealkylation sites (N-methyl/N-ethyl adjacent to an activating group) is 1. The molecule has 0 heterocycles. The zero-order chi connectivity index (χ0) is 22.0. The third kappa shape index (κ3) is 5.10. The number of benzene rings is 1. The third-order valence-electron chi connectivity index (χ3n) is 7.51. The van der Waals surface area contributed by atoms with Crippen LogP contribution in [0.2, 0.25) is 0 Å². The molecule has 1 aromatic rings. The van der Waals surface area contributed by atoms with Gasteiger partial charge in [-0.3, -0.25) is 14.4 Å². The highest BCUT2D eigenvalue weighted by Gasteiger charge is 2.54. The quantitative estimate of drug-likeness (QED) is 0.626. The van der Waals surface area contributed by atoms with E-state index in [0.29, 0.717) is 19.4 Å². The summed E-state index contributed by atoms with van der Waals surface area (Å²) in [4.78, 5) is 39.0. The Morgan fingerprint density at radius 1 is 1.00 bits per heavy atom. The van der Waals surface area contributed by atoms with Crippen molar-refractivity contribution in [2.24, 2.45) is 23.2 Å². The highest BCUT2D eigenvalue weighted by atomic mass is 16.2. The van der Waals surface area contributed by atoms with Crippen LogP contribution in [0, 0.1) is 30.1 Å². The van der Waals surface area contributed by atoms with E-state index in [1.54, 1.807) is 7.05 Å². The van der Waals surface area contributed by atoms with Gasteiger partial charge in [0.25, 0.3) is 0 Å². The average molecular weight is 426 g/mol. The van der Waals surface area contributed by atoms with Crippen molar-refractivity contribution in [3.05, 3.63) is 29.8 Å². The molecular formula is C25H35N3O3. The number of carbonyl (C=O) groups is 3. The molecule has 0 radical (unpaired) electrons. The van der Waals surface area contributed by atoms with Crippen LogP contribution >= 0.6 is 0 Å². The second-order valence-electron chi connectivity index (χ2n) is 10.2. The average Bonchev–Trinajstić information content (AvgIpc) is 2.71. The second kappa shape index (κ2) is 9.01. The zero-order valence-corrected chi connectivity index (χ0v) is 18.8. The Morgan fingerprint density at radius 2 is 1.58 bits per heavy atom. The number of hydrogen-bond donors (Lipinski definition) is 2. The molecule has 0 unspecified atom stereocenters. The number of amides is 3. The topological polar surface area (TPSA) is 78.5 Å². The maximum absolute atomic E-state index is 13.0. The van der Waals surface area contributed by atoms with Crippen molar-refractivity contribution in [2.45, 2.75) is 58.3 Å². The van der Waals surface area contributed by atoms with E-state index < -0.39 is 0 Å². The van der Waals surface area contributed by atoms with Crippen molar-refractivity contribution in [2.75, 3.05) is 25.5 Å². The lowest BCUT2D eigenvalue weighted by molar-refractivity contribution is -0.146. The van der Waals surface area contributed by atoms with Crippen LogP contribution in [0.3, 0.4) is 0 Å². The van der Waals surface area contributed by atoms with Crippen molar-refractivity contribution in [3.63, 3.8) is 0 Å². The summed E-state index contributed by atoms with van der Waals surface area (Å²) in [6.45, 7) is 2.53. The summed E-state index contributed by atoms with van der Waals surface area (Å²) in [6.07, 6.45) is 8.07. The van der Waals surface area contributed by atoms with Gasteiger partial charge < -0.3 is 15.5 Å². The molecule has 4 aliphatic rings. The van der Waals surface area contributed by atoms with Gasteiger partial charge in [-0.2, -0.15) is 0 Å². The molecule has 3 amide bonds. The summed E-state index contributed by atoms with van der Waals surface area (Å²) >= 11 is 0. The Morgan fingerprint density at radius 3 is 2.16 bits per heavy atom. The van der Waals surface area contributed by atoms with Crippen molar-refractivity contribution in [3.8, 4) is 0 Å². The Balaban J connectivity index is 1.16. The first-order valence-corrected chi connectivity index (χ1v) is 11.7. The van der Waals surface area contributed by atoms with E-state index in [-0.39, 0.29) is 29.7 Å². The van der Waals surface area contributed by atoms with E-state index in [2.05, 4.69) is 10.6 Å². The van der Waals surface area contributed by atoms with Crippen molar-refractivity contribution in [1.82, 2.24) is 10.2 Å². The summed E-state index contributed by atoms with van der Waals surface area (Å²) in [7, 11) is 1.64. The predicted molar refractivity (Wildman–Crippen MR) is 120 cm³/mol. The predicted octanol–water partition coefficient (Wildman–Crippen LogP) is 3.50. The van der Waals surface area contributed by atoms with Crippen LogP contribution in [0.5, 0.6) is 0 Å². The van der Waals surface area contributed by atoms with Gasteiger partial charge in [-0.05, 0) is 81.8 Å². The lowest BCUT2D eigenvalue weighted by atomic mass is 9.49. The minimum absolute atomic E-state index is 0.0202. The molecule has 4 aliphatic carbocycles. The van der Waals surface area contributed by atoms with E-state index in [4.69, 9.17) is 0 Å². The molecule has 5 rings (SSSR count). The first kappa shape index (κ1) is 21.8. The minimum Gasteiger partial charge on any atom is -0.356 e. The smallest absolute Gasteiger partial charge is 0.243 e. The molecule has 0 saturated heterocycles. The lowest BCUT2D eigenvalue weighted by Crippen LogP contribution is -2.53. The van der Waals surface area contributed by atoms with E-state index in [9.17, 15) is 14.4 Å². The van der Waals surface area contributed by atoms with Gasteiger partial charge in [-0.25, -0.2) is 0 Å². The molecule has 1 aromatic carbocycles. The number of hydrogen-bond acceptors (Lipinski definition) is 3. The van der Waals surface area contributed by atoms with Gasteiger partial charge in [-0.1, -0.05) is 17.7 Å². The van der Waals surface area contributed by atoms with Crippen LogP contribution in [0.1, 0.15) is 56.9 Å². The Bertz CT molecular complexity index is 798. The fourth-order valence-corrected chi connectivity index (χ4v) is 6.35. The molecule has 6 nitrogen and oxygen atoms in total. The molecule has 6 heteroatoms. The molecule has 2 N–H and O–H groups in total. The number of nitrogens with one attached hydrogen (secondary N) is 2. The number of anilines is 1. The lowest BCUT2D eigenvalue weighted by Gasteiger charge is -2.55. The van der Waals surface area contributed by atoms with E-state index >= 15 is 0 Å². The highest BCUT2D eigenvalue weighted by molar-refractivity contribution is 5.94. The monoisotopic (exact) mass is 425 g/mol. The first-order valence-electron chi connectivity index (χ1n) is 11.7. The summed E-state index contributed by atoms with van der Waals surface area (Å²) in [6, 6.07) is 7.56. The molecule has 168 valence electrons. The summed E-state index contributed by atoms with van der Waals surface area (Å²) in [5.74, 6) is 2.16. The van der Waals surface area contributed by atoms with Crippen LogP contribution in [0.4, 0.5) is 5.69 Å². The van der Waals surface area contributed by atoms with Gasteiger partial charge in [-0.15, -0.1) is 0 Å². The maximum atomic E-state index is 13.0. The van der Waals surface area contributed by atoms with Crippen LogP contribution in [0.15, 0.2) is 24.3 Å². The molecule has 0 aliphatic heterocycles. The molecule has 0 spiro atoms. The van der Waals surface area contributed by atoms with Gasteiger partial charge in [0.05, 0.1) is 6.54 Å². The fourth-order valence-electron chi connectivity index (χ4n) is 6.35. The molecule has 4 bridgehead atoms. The maximum Gasteiger partial charge on any atom is 0.243 e. The zero-order valence-electron chi connectivity index (χ0n) is 18.8. The van der Waals surface area contributed by atoms with Crippen molar-refractivity contribution >= 4 is 23.4 Å². The molecule has 0 atom stereocenters. The highest BCUT2D eigenvalue weighted by Crippen LogP contribution is 2.60. The van der Waals surface area contributed by atoms with Gasteiger partial charge >= 0.3 is 0 Å². The van der Waals surface area contributed by atoms with E-state index in [0.717, 1.165) is 48.3 Å². The Labute approximate surface area is 185 Å². The molecule has 4 saturated carbocycles. The summed E-state index contributed by atoms with van der Waals surface area (Å²) < 4.78 is 0. The molecular weight excluding hydrogens is 390 g/mol. The summed E-state index contributed by atoms with van der Waals surface area (Å²) in [5.41, 5.74) is 1.72. The number of nitrogens with zero attached hydrogens (tertiary/aromatic N) is 1. The van der Waals surface area contributed by atoms with Gasteiger partial charge in [0.15, 0.2) is 0 Å². The normalized spacial score (nSPS) is 28.3. The fraction of sp³-hybridized carbons (Fsp3) is 0.640. The van der Waals surface area contributed by atoms with E-state index in [1.165, 1.54) is 24.2 Å². The Kier molecular flexibility index (Phi) is 6.35. The third-order valence-corrected chi connectivity index (χ3v) is 7.51. The SMILES string of the molecule is Cc1ccc(NC(=O)CN(C)C(=O)CCCNC(=O)C23CC4CC(CC(C4)C2)C3)cc1. The van der Waals surface area contributed by atoms with Crippen LogP contribution in [-0.4, -0.2) is 42.8 Å². The van der Waals surface area contributed by atoms with Gasteiger partial charge in [0.2, 0.25) is 17.7 Å². The van der Waals surface area contributed by atoms with Crippen LogP contribution in [0.25, 0.3) is 0 Å². The van der Waals surface area contributed by atoms with Gasteiger partial charge in [0, 0.05) is 31.1 Å². The first-order chi connectivity index (χ1) is 14.8. The number of carbonyl (C=O) groups excluding carboxylic acids is 3. The molecule has 31 heavy (non-hydrogen) atoms. The van der Waals surface area contributed by atoms with Crippen molar-refractivity contribution in [1.29, 1.82) is 0 Å². The molecule has 4 fully saturated rings.